The maximum Gasteiger partial charge on any atom is 0.335 e. The van der Waals surface area contributed by atoms with Crippen LogP contribution in [0.5, 0.6) is 5.88 Å². The van der Waals surface area contributed by atoms with Crippen LogP contribution < -0.4 is 4.74 Å². The first-order valence-electron chi connectivity index (χ1n) is 12.8. The molecule has 0 bridgehead atoms. The molecule has 7 nitrogen and oxygen atoms in total. The largest absolute Gasteiger partial charge is 0.478 e. The quantitative estimate of drug-likeness (QED) is 0.207. The summed E-state index contributed by atoms with van der Waals surface area (Å²) in [6.45, 7) is 0.502. The number of aromatic carboxylic acids is 1. The molecule has 0 aliphatic rings. The Bertz CT molecular complexity index is 1850. The summed E-state index contributed by atoms with van der Waals surface area (Å²) in [6.07, 6.45) is 5.24. The zero-order valence-electron chi connectivity index (χ0n) is 22.4. The number of fused-ring (bicyclic) bond motifs is 1. The minimum atomic E-state index is -1.09. The van der Waals surface area contributed by atoms with Gasteiger partial charge in [-0.05, 0) is 54.1 Å². The number of hydrogen-bond donors (Lipinski definition) is 1. The zero-order chi connectivity index (χ0) is 29.8. The van der Waals surface area contributed by atoms with Gasteiger partial charge in [0.1, 0.15) is 29.9 Å². The molecule has 0 spiro atoms. The number of rotatable bonds is 10. The molecular weight excluding hydrogens is 547 g/mol. The fourth-order valence-corrected chi connectivity index (χ4v) is 4.51. The van der Waals surface area contributed by atoms with Crippen molar-refractivity contribution in [3.05, 3.63) is 112 Å². The molecule has 1 N–H and O–H groups in total. The average Bonchev–Trinajstić information content (AvgIpc) is 3.33. The number of hydrogen-bond acceptors (Lipinski definition) is 5. The normalized spacial score (nSPS) is 11.0. The standard InChI is InChI=1S/C32H24F3N3O4/c1-3-19-7-8-21(24(33)13-19)18-42-31-6-4-5-27(37-31)23-17-25(34)22(14-26(23)35)16-30-36-28-10-9-20(32(39)40)15-29(28)38(30)11-12-41-2/h1,4-10,13-15,17H,11-12,16,18H2,2H3,(H,39,40). The van der Waals surface area contributed by atoms with Crippen molar-refractivity contribution >= 4 is 17.0 Å². The first kappa shape index (κ1) is 28.4. The van der Waals surface area contributed by atoms with Crippen LogP contribution in [0.25, 0.3) is 22.3 Å². The van der Waals surface area contributed by atoms with Gasteiger partial charge in [-0.3, -0.25) is 0 Å². The molecule has 42 heavy (non-hydrogen) atoms. The van der Waals surface area contributed by atoms with Crippen LogP contribution in [0.1, 0.15) is 32.9 Å². The van der Waals surface area contributed by atoms with Crippen molar-refractivity contribution in [3.63, 3.8) is 0 Å². The average molecular weight is 572 g/mol. The van der Waals surface area contributed by atoms with Gasteiger partial charge in [0, 0.05) is 42.8 Å². The zero-order valence-corrected chi connectivity index (χ0v) is 22.4. The number of carbonyl (C=O) groups is 1. The van der Waals surface area contributed by atoms with Crippen LogP contribution in [0.4, 0.5) is 13.2 Å². The Labute approximate surface area is 239 Å². The Hall–Kier alpha value is -5.14. The number of imidazole rings is 1. The van der Waals surface area contributed by atoms with E-state index in [2.05, 4.69) is 15.9 Å². The highest BCUT2D eigenvalue weighted by molar-refractivity contribution is 5.92. The number of methoxy groups -OCH3 is 1. The molecule has 212 valence electrons. The van der Waals surface area contributed by atoms with Crippen molar-refractivity contribution in [2.24, 2.45) is 0 Å². The highest BCUT2D eigenvalue weighted by Gasteiger charge is 2.18. The smallest absolute Gasteiger partial charge is 0.335 e. The monoisotopic (exact) mass is 571 g/mol. The van der Waals surface area contributed by atoms with Gasteiger partial charge in [-0.25, -0.2) is 27.9 Å². The molecule has 0 saturated heterocycles. The van der Waals surface area contributed by atoms with E-state index < -0.39 is 23.4 Å². The molecule has 0 aliphatic heterocycles. The third-order valence-corrected chi connectivity index (χ3v) is 6.67. The summed E-state index contributed by atoms with van der Waals surface area (Å²) < 4.78 is 57.5. The summed E-state index contributed by atoms with van der Waals surface area (Å²) in [5, 5.41) is 9.39. The number of aromatic nitrogens is 3. The number of nitrogens with zero attached hydrogens (tertiary/aromatic N) is 3. The molecule has 5 aromatic rings. The molecular formula is C32H24F3N3O4. The Morgan fingerprint density at radius 3 is 2.52 bits per heavy atom. The van der Waals surface area contributed by atoms with Gasteiger partial charge >= 0.3 is 5.97 Å². The van der Waals surface area contributed by atoms with Crippen molar-refractivity contribution in [2.45, 2.75) is 19.6 Å². The Balaban J connectivity index is 1.40. The second kappa shape index (κ2) is 12.2. The second-order valence-electron chi connectivity index (χ2n) is 9.38. The Morgan fingerprint density at radius 2 is 1.79 bits per heavy atom. The number of terminal acetylenes is 1. The number of benzene rings is 3. The summed E-state index contributed by atoms with van der Waals surface area (Å²) in [4.78, 5) is 20.3. The van der Waals surface area contributed by atoms with Crippen LogP contribution >= 0.6 is 0 Å². The van der Waals surface area contributed by atoms with E-state index >= 15 is 8.78 Å². The Morgan fingerprint density at radius 1 is 0.976 bits per heavy atom. The van der Waals surface area contributed by atoms with Crippen molar-refractivity contribution < 1.29 is 32.5 Å². The number of carboxylic acids is 1. The highest BCUT2D eigenvalue weighted by Crippen LogP contribution is 2.28. The topological polar surface area (TPSA) is 86.5 Å². The van der Waals surface area contributed by atoms with E-state index in [1.807, 2.05) is 0 Å². The molecule has 0 aliphatic carbocycles. The first-order chi connectivity index (χ1) is 20.3. The lowest BCUT2D eigenvalue weighted by molar-refractivity contribution is 0.0697. The van der Waals surface area contributed by atoms with E-state index in [9.17, 15) is 14.3 Å². The lowest BCUT2D eigenvalue weighted by Crippen LogP contribution is -2.10. The molecule has 0 saturated carbocycles. The van der Waals surface area contributed by atoms with Crippen LogP contribution in [0, 0.1) is 29.8 Å². The van der Waals surface area contributed by atoms with Crippen LogP contribution in [0.2, 0.25) is 0 Å². The molecule has 0 atom stereocenters. The SMILES string of the molecule is C#Cc1ccc(COc2cccc(-c3cc(F)c(Cc4nc5ccc(C(=O)O)cc5n4CCOC)cc3F)n2)c(F)c1. The molecule has 2 aromatic heterocycles. The van der Waals surface area contributed by atoms with E-state index in [0.717, 1.165) is 12.1 Å². The maximum absolute atomic E-state index is 15.4. The van der Waals surface area contributed by atoms with Gasteiger partial charge < -0.3 is 19.1 Å². The molecule has 2 heterocycles. The summed E-state index contributed by atoms with van der Waals surface area (Å²) in [7, 11) is 1.53. The van der Waals surface area contributed by atoms with Crippen LogP contribution in [-0.2, 0) is 24.3 Å². The van der Waals surface area contributed by atoms with Crippen LogP contribution in [0.3, 0.4) is 0 Å². The van der Waals surface area contributed by atoms with E-state index in [1.165, 1.54) is 43.5 Å². The molecule has 0 unspecified atom stereocenters. The van der Waals surface area contributed by atoms with E-state index in [-0.39, 0.29) is 46.9 Å². The van der Waals surface area contributed by atoms with Crippen molar-refractivity contribution in [2.75, 3.05) is 13.7 Å². The molecule has 3 aromatic carbocycles. The maximum atomic E-state index is 15.4. The van der Waals surface area contributed by atoms with Gasteiger partial charge in [-0.2, -0.15) is 0 Å². The predicted molar refractivity (Wildman–Crippen MR) is 150 cm³/mol. The highest BCUT2D eigenvalue weighted by atomic mass is 19.1. The number of ether oxygens (including phenoxy) is 2. The fraction of sp³-hybridized carbons (Fsp3) is 0.156. The van der Waals surface area contributed by atoms with Gasteiger partial charge in [0.2, 0.25) is 5.88 Å². The minimum Gasteiger partial charge on any atom is -0.478 e. The molecule has 5 rings (SSSR count). The number of carboxylic acid groups (broad SMARTS) is 1. The first-order valence-corrected chi connectivity index (χ1v) is 12.8. The predicted octanol–water partition coefficient (Wildman–Crippen LogP) is 6.01. The van der Waals surface area contributed by atoms with E-state index in [0.29, 0.717) is 35.6 Å². The molecule has 10 heteroatoms. The van der Waals surface area contributed by atoms with Crippen LogP contribution in [0.15, 0.2) is 66.7 Å². The van der Waals surface area contributed by atoms with Gasteiger partial charge in [-0.1, -0.05) is 18.1 Å². The van der Waals surface area contributed by atoms with Gasteiger partial charge in [-0.15, -0.1) is 6.42 Å². The molecule has 0 amide bonds. The third kappa shape index (κ3) is 5.96. The van der Waals surface area contributed by atoms with E-state index in [4.69, 9.17) is 15.9 Å². The Kier molecular flexibility index (Phi) is 8.22. The van der Waals surface area contributed by atoms with Crippen molar-refractivity contribution in [1.29, 1.82) is 0 Å². The summed E-state index contributed by atoms with van der Waals surface area (Å²) in [5.74, 6) is -0.115. The number of halogens is 3. The summed E-state index contributed by atoms with van der Waals surface area (Å²) >= 11 is 0. The third-order valence-electron chi connectivity index (χ3n) is 6.67. The van der Waals surface area contributed by atoms with Gasteiger partial charge in [0.05, 0.1) is 28.9 Å². The van der Waals surface area contributed by atoms with Gasteiger partial charge in [0.15, 0.2) is 0 Å². The second-order valence-corrected chi connectivity index (χ2v) is 9.38. The minimum absolute atomic E-state index is 0.0511. The summed E-state index contributed by atoms with van der Waals surface area (Å²) in [6, 6.07) is 15.6. The fourth-order valence-electron chi connectivity index (χ4n) is 4.51. The van der Waals surface area contributed by atoms with Crippen LogP contribution in [-0.4, -0.2) is 39.3 Å². The molecule has 0 radical (unpaired) electrons. The molecule has 0 fully saturated rings. The van der Waals surface area contributed by atoms with Crippen molar-refractivity contribution in [1.82, 2.24) is 14.5 Å². The number of pyridine rings is 1. The lowest BCUT2D eigenvalue weighted by atomic mass is 10.0. The van der Waals surface area contributed by atoms with Gasteiger partial charge in [0.25, 0.3) is 0 Å². The summed E-state index contributed by atoms with van der Waals surface area (Å²) in [5.41, 5.74) is 1.93. The lowest BCUT2D eigenvalue weighted by Gasteiger charge is -2.12. The van der Waals surface area contributed by atoms with Crippen molar-refractivity contribution in [3.8, 4) is 29.5 Å². The van der Waals surface area contributed by atoms with E-state index in [1.54, 1.807) is 22.8 Å².